The molecule has 1 nitrogen and oxygen atoms in total. The minimum atomic E-state index is 0.818. The van der Waals surface area contributed by atoms with Crippen molar-refractivity contribution < 1.29 is 0 Å². The second kappa shape index (κ2) is 7.07. The summed E-state index contributed by atoms with van der Waals surface area (Å²) in [6.45, 7) is 3.34. The highest BCUT2D eigenvalue weighted by Crippen LogP contribution is 2.20. The first-order valence-corrected chi connectivity index (χ1v) is 7.76. The van der Waals surface area contributed by atoms with Crippen LogP contribution in [-0.2, 0) is 0 Å². The average molecular weight is 249 g/mol. The second-order valence-corrected chi connectivity index (χ2v) is 6.12. The molecule has 1 aromatic rings. The number of benzene rings is 1. The molecule has 1 N–H and O–H groups in total. The molecule has 1 aromatic carbocycles. The first kappa shape index (κ1) is 13.0. The van der Waals surface area contributed by atoms with Crippen LogP contribution < -0.4 is 5.32 Å². The van der Waals surface area contributed by atoms with Crippen LogP contribution in [0.4, 0.5) is 0 Å². The van der Waals surface area contributed by atoms with Crippen molar-refractivity contribution in [2.24, 2.45) is 0 Å². The van der Waals surface area contributed by atoms with Crippen LogP contribution in [0.25, 0.3) is 0 Å². The number of hydrogen-bond acceptors (Lipinski definition) is 2. The smallest absolute Gasteiger partial charge is 0.00745 e. The Labute approximate surface area is 109 Å². The monoisotopic (exact) mass is 249 g/mol. The highest BCUT2D eigenvalue weighted by Gasteiger charge is 2.12. The van der Waals surface area contributed by atoms with Crippen molar-refractivity contribution in [2.75, 3.05) is 12.3 Å². The topological polar surface area (TPSA) is 12.0 Å². The highest BCUT2D eigenvalue weighted by molar-refractivity contribution is 7.99. The highest BCUT2D eigenvalue weighted by atomic mass is 32.2. The van der Waals surface area contributed by atoms with E-state index in [0.29, 0.717) is 0 Å². The second-order valence-electron chi connectivity index (χ2n) is 4.95. The third kappa shape index (κ3) is 4.72. The largest absolute Gasteiger partial charge is 0.314 e. The van der Waals surface area contributed by atoms with E-state index < -0.39 is 0 Å². The van der Waals surface area contributed by atoms with E-state index >= 15 is 0 Å². The van der Waals surface area contributed by atoms with Gasteiger partial charge in [0.1, 0.15) is 0 Å². The van der Waals surface area contributed by atoms with Gasteiger partial charge in [-0.2, -0.15) is 0 Å². The molecule has 0 aliphatic heterocycles. The molecule has 2 rings (SSSR count). The fourth-order valence-corrected chi connectivity index (χ4v) is 3.37. The van der Waals surface area contributed by atoms with Crippen LogP contribution in [0.2, 0.25) is 0 Å². The first-order chi connectivity index (χ1) is 8.34. The summed E-state index contributed by atoms with van der Waals surface area (Å²) in [4.78, 5) is 1.41. The van der Waals surface area contributed by atoms with Crippen molar-refractivity contribution in [3.8, 4) is 0 Å². The Morgan fingerprint density at radius 1 is 1.29 bits per heavy atom. The molecular formula is C15H23NS. The van der Waals surface area contributed by atoms with E-state index in [-0.39, 0.29) is 0 Å². The van der Waals surface area contributed by atoms with E-state index in [1.54, 1.807) is 0 Å². The molecule has 0 bridgehead atoms. The molecule has 0 atom stereocenters. The molecule has 1 aliphatic carbocycles. The van der Waals surface area contributed by atoms with Gasteiger partial charge in [-0.1, -0.05) is 30.5 Å². The van der Waals surface area contributed by atoms with E-state index in [2.05, 4.69) is 36.5 Å². The van der Waals surface area contributed by atoms with Crippen LogP contribution in [0.15, 0.2) is 29.2 Å². The van der Waals surface area contributed by atoms with Gasteiger partial charge < -0.3 is 5.32 Å². The summed E-state index contributed by atoms with van der Waals surface area (Å²) in [6.07, 6.45) is 6.91. The summed E-state index contributed by atoms with van der Waals surface area (Å²) in [5.74, 6) is 1.23. The Bertz CT molecular complexity index is 331. The minimum Gasteiger partial charge on any atom is -0.314 e. The van der Waals surface area contributed by atoms with Gasteiger partial charge in [-0.25, -0.2) is 0 Å². The molecule has 0 amide bonds. The third-order valence-corrected chi connectivity index (χ3v) is 4.45. The Kier molecular flexibility index (Phi) is 5.40. The van der Waals surface area contributed by atoms with Crippen molar-refractivity contribution in [3.63, 3.8) is 0 Å². The molecule has 0 heterocycles. The van der Waals surface area contributed by atoms with Crippen molar-refractivity contribution in [2.45, 2.75) is 50.0 Å². The minimum absolute atomic E-state index is 0.818. The molecule has 1 fully saturated rings. The lowest BCUT2D eigenvalue weighted by atomic mass is 10.2. The molecule has 1 aliphatic rings. The summed E-state index contributed by atoms with van der Waals surface area (Å²) in [5.41, 5.74) is 1.36. The van der Waals surface area contributed by atoms with Gasteiger partial charge >= 0.3 is 0 Å². The van der Waals surface area contributed by atoms with Gasteiger partial charge in [0.15, 0.2) is 0 Å². The van der Waals surface area contributed by atoms with Crippen LogP contribution in [0.3, 0.4) is 0 Å². The number of thioether (sulfide) groups is 1. The molecule has 0 aromatic heterocycles. The number of rotatable bonds is 6. The van der Waals surface area contributed by atoms with Gasteiger partial charge in [0.2, 0.25) is 0 Å². The normalized spacial score (nSPS) is 16.5. The van der Waals surface area contributed by atoms with E-state index in [4.69, 9.17) is 0 Å². The van der Waals surface area contributed by atoms with Gasteiger partial charge in [0, 0.05) is 10.9 Å². The Morgan fingerprint density at radius 2 is 2.12 bits per heavy atom. The average Bonchev–Trinajstić information content (AvgIpc) is 2.82. The van der Waals surface area contributed by atoms with Crippen LogP contribution in [0.1, 0.15) is 37.7 Å². The van der Waals surface area contributed by atoms with Crippen molar-refractivity contribution >= 4 is 11.8 Å². The number of aryl methyl sites for hydroxylation is 1. The molecule has 0 radical (unpaired) electrons. The van der Waals surface area contributed by atoms with Gasteiger partial charge in [-0.05, 0) is 50.6 Å². The molecular weight excluding hydrogens is 226 g/mol. The van der Waals surface area contributed by atoms with E-state index in [0.717, 1.165) is 6.04 Å². The zero-order valence-corrected chi connectivity index (χ0v) is 11.6. The number of nitrogens with one attached hydrogen (secondary N) is 1. The molecule has 1 saturated carbocycles. The van der Waals surface area contributed by atoms with Crippen LogP contribution >= 0.6 is 11.8 Å². The van der Waals surface area contributed by atoms with E-state index in [1.807, 2.05) is 11.8 Å². The van der Waals surface area contributed by atoms with Crippen molar-refractivity contribution in [1.29, 1.82) is 0 Å². The van der Waals surface area contributed by atoms with Gasteiger partial charge in [0.25, 0.3) is 0 Å². The van der Waals surface area contributed by atoms with E-state index in [9.17, 15) is 0 Å². The Hall–Kier alpha value is -0.470. The zero-order valence-electron chi connectivity index (χ0n) is 10.7. The predicted molar refractivity (Wildman–Crippen MR) is 76.8 cm³/mol. The fraction of sp³-hybridized carbons (Fsp3) is 0.600. The van der Waals surface area contributed by atoms with Crippen molar-refractivity contribution in [1.82, 2.24) is 5.32 Å². The van der Waals surface area contributed by atoms with E-state index in [1.165, 1.54) is 54.9 Å². The van der Waals surface area contributed by atoms with Gasteiger partial charge in [0.05, 0.1) is 0 Å². The summed E-state index contributed by atoms with van der Waals surface area (Å²) in [5, 5.41) is 3.67. The van der Waals surface area contributed by atoms with Gasteiger partial charge in [-0.15, -0.1) is 11.8 Å². The summed E-state index contributed by atoms with van der Waals surface area (Å²) < 4.78 is 0. The molecule has 94 valence electrons. The van der Waals surface area contributed by atoms with Crippen LogP contribution in [-0.4, -0.2) is 18.3 Å². The molecule has 17 heavy (non-hydrogen) atoms. The van der Waals surface area contributed by atoms with Crippen LogP contribution in [0.5, 0.6) is 0 Å². The lowest BCUT2D eigenvalue weighted by Crippen LogP contribution is -2.27. The Morgan fingerprint density at radius 3 is 2.88 bits per heavy atom. The Balaban J connectivity index is 1.56. The summed E-state index contributed by atoms with van der Waals surface area (Å²) in [7, 11) is 0. The van der Waals surface area contributed by atoms with Crippen molar-refractivity contribution in [3.05, 3.63) is 29.8 Å². The quantitative estimate of drug-likeness (QED) is 0.604. The first-order valence-electron chi connectivity index (χ1n) is 6.77. The lowest BCUT2D eigenvalue weighted by Gasteiger charge is -2.11. The maximum absolute atomic E-state index is 3.67. The summed E-state index contributed by atoms with van der Waals surface area (Å²) >= 11 is 1.98. The van der Waals surface area contributed by atoms with Gasteiger partial charge in [-0.3, -0.25) is 0 Å². The molecule has 0 unspecified atom stereocenters. The number of hydrogen-bond donors (Lipinski definition) is 1. The standard InChI is InChI=1S/C15H23NS/c1-13-6-4-9-15(12-13)17-11-5-10-16-14-7-2-3-8-14/h4,6,9,12,14,16H,2-3,5,7-8,10-11H2,1H3. The summed E-state index contributed by atoms with van der Waals surface area (Å²) in [6, 6.07) is 9.61. The van der Waals surface area contributed by atoms with Crippen LogP contribution in [0, 0.1) is 6.92 Å². The third-order valence-electron chi connectivity index (χ3n) is 3.37. The predicted octanol–water partition coefficient (Wildman–Crippen LogP) is 4.01. The molecule has 0 saturated heterocycles. The fourth-order valence-electron chi connectivity index (χ4n) is 2.40. The maximum atomic E-state index is 3.67. The maximum Gasteiger partial charge on any atom is 0.00745 e. The lowest BCUT2D eigenvalue weighted by molar-refractivity contribution is 0.525. The molecule has 0 spiro atoms. The SMILES string of the molecule is Cc1cccc(SCCCNC2CCCC2)c1. The zero-order chi connectivity index (χ0) is 11.9. The molecule has 2 heteroatoms.